The number of nitrogens with zero attached hydrogens (tertiary/aromatic N) is 1. The molecule has 0 aliphatic carbocycles. The maximum absolute atomic E-state index is 6.60. The average Bonchev–Trinajstić information content (AvgIpc) is 3.66. The minimum Gasteiger partial charge on any atom is -0.455 e. The molecule has 0 amide bonds. The molecular formula is C36H21NOS. The number of fused-ring (bicyclic) bond motifs is 9. The maximum Gasteiger partial charge on any atom is 0.143 e. The van der Waals surface area contributed by atoms with Gasteiger partial charge in [0.1, 0.15) is 11.2 Å². The first kappa shape index (κ1) is 21.1. The molecule has 0 bridgehead atoms. The van der Waals surface area contributed by atoms with Crippen LogP contribution in [0, 0.1) is 0 Å². The molecule has 0 aliphatic rings. The molecule has 9 rings (SSSR count). The topological polar surface area (TPSA) is 18.1 Å². The molecule has 0 N–H and O–H groups in total. The van der Waals surface area contributed by atoms with Crippen LogP contribution < -0.4 is 0 Å². The first-order valence-electron chi connectivity index (χ1n) is 13.2. The van der Waals surface area contributed by atoms with Crippen molar-refractivity contribution in [2.75, 3.05) is 0 Å². The molecule has 3 heterocycles. The highest BCUT2D eigenvalue weighted by molar-refractivity contribution is 7.26. The van der Waals surface area contributed by atoms with Crippen LogP contribution in [0.25, 0.3) is 80.7 Å². The van der Waals surface area contributed by atoms with E-state index in [1.807, 2.05) is 11.3 Å². The summed E-state index contributed by atoms with van der Waals surface area (Å²) >= 11 is 1.86. The first-order valence-corrected chi connectivity index (χ1v) is 14.0. The number of aromatic nitrogens is 1. The van der Waals surface area contributed by atoms with Crippen molar-refractivity contribution in [3.8, 4) is 16.8 Å². The molecule has 6 aromatic carbocycles. The van der Waals surface area contributed by atoms with E-state index in [1.54, 1.807) is 0 Å². The van der Waals surface area contributed by atoms with Crippen LogP contribution in [0.4, 0.5) is 0 Å². The second kappa shape index (κ2) is 7.83. The summed E-state index contributed by atoms with van der Waals surface area (Å²) in [7, 11) is 0. The fraction of sp³-hybridized carbons (Fsp3) is 0. The van der Waals surface area contributed by atoms with E-state index in [0.29, 0.717) is 0 Å². The third-order valence-corrected chi connectivity index (χ3v) is 9.23. The smallest absolute Gasteiger partial charge is 0.143 e. The lowest BCUT2D eigenvalue weighted by Gasteiger charge is -2.08. The normalized spacial score (nSPS) is 12.1. The molecule has 39 heavy (non-hydrogen) atoms. The Bertz CT molecular complexity index is 2350. The van der Waals surface area contributed by atoms with Gasteiger partial charge in [0.2, 0.25) is 0 Å². The van der Waals surface area contributed by atoms with Crippen molar-refractivity contribution in [1.29, 1.82) is 0 Å². The van der Waals surface area contributed by atoms with Gasteiger partial charge in [0, 0.05) is 58.5 Å². The molecule has 0 saturated carbocycles. The number of para-hydroxylation sites is 3. The van der Waals surface area contributed by atoms with Crippen LogP contribution in [-0.4, -0.2) is 4.57 Å². The number of furan rings is 1. The summed E-state index contributed by atoms with van der Waals surface area (Å²) in [6, 6.07) is 45.7. The minimum atomic E-state index is 0.908. The average molecular weight is 516 g/mol. The van der Waals surface area contributed by atoms with Gasteiger partial charge in [0.25, 0.3) is 0 Å². The molecule has 9 aromatic rings. The Hall–Kier alpha value is -4.86. The van der Waals surface area contributed by atoms with Crippen LogP contribution in [0.3, 0.4) is 0 Å². The van der Waals surface area contributed by atoms with Crippen molar-refractivity contribution in [1.82, 2.24) is 4.57 Å². The fourth-order valence-corrected chi connectivity index (χ4v) is 7.53. The fourth-order valence-electron chi connectivity index (χ4n) is 6.30. The van der Waals surface area contributed by atoms with Gasteiger partial charge in [0.05, 0.1) is 11.0 Å². The molecule has 0 spiro atoms. The van der Waals surface area contributed by atoms with Crippen molar-refractivity contribution in [2.45, 2.75) is 0 Å². The summed E-state index contributed by atoms with van der Waals surface area (Å²) < 4.78 is 11.6. The predicted octanol–water partition coefficient (Wildman–Crippen LogP) is 10.7. The van der Waals surface area contributed by atoms with E-state index >= 15 is 0 Å². The van der Waals surface area contributed by atoms with Gasteiger partial charge in [0.15, 0.2) is 0 Å². The number of thiophene rings is 1. The lowest BCUT2D eigenvalue weighted by molar-refractivity contribution is 0.670. The van der Waals surface area contributed by atoms with E-state index in [1.165, 1.54) is 47.5 Å². The molecule has 0 radical (unpaired) electrons. The second-order valence-electron chi connectivity index (χ2n) is 10.1. The zero-order chi connectivity index (χ0) is 25.5. The number of hydrogen-bond acceptors (Lipinski definition) is 2. The third-order valence-electron chi connectivity index (χ3n) is 8.01. The van der Waals surface area contributed by atoms with Crippen LogP contribution in [-0.2, 0) is 0 Å². The van der Waals surface area contributed by atoms with Crippen LogP contribution in [0.2, 0.25) is 0 Å². The van der Waals surface area contributed by atoms with Crippen molar-refractivity contribution < 1.29 is 4.42 Å². The first-order chi connectivity index (χ1) is 19.3. The number of rotatable bonds is 2. The molecule has 0 atom stereocenters. The SMILES string of the molecule is c1ccc2c(c1)sc1c(-c3cccc4c3oc3ccc(-n5c6ccccc6c6ccccc65)cc34)cccc12. The summed E-state index contributed by atoms with van der Waals surface area (Å²) in [6.45, 7) is 0. The molecule has 0 aliphatic heterocycles. The quantitative estimate of drug-likeness (QED) is 0.224. The second-order valence-corrected chi connectivity index (χ2v) is 11.2. The molecular weight excluding hydrogens is 494 g/mol. The van der Waals surface area contributed by atoms with Gasteiger partial charge in [-0.1, -0.05) is 91.0 Å². The molecule has 182 valence electrons. The van der Waals surface area contributed by atoms with Gasteiger partial charge in [-0.05, 0) is 36.4 Å². The summed E-state index contributed by atoms with van der Waals surface area (Å²) in [6.07, 6.45) is 0. The number of benzene rings is 6. The number of hydrogen-bond donors (Lipinski definition) is 0. The minimum absolute atomic E-state index is 0.908. The van der Waals surface area contributed by atoms with Gasteiger partial charge < -0.3 is 8.98 Å². The van der Waals surface area contributed by atoms with E-state index in [9.17, 15) is 0 Å². The lowest BCUT2D eigenvalue weighted by Crippen LogP contribution is -1.93. The third kappa shape index (κ3) is 2.91. The van der Waals surface area contributed by atoms with Crippen LogP contribution >= 0.6 is 11.3 Å². The predicted molar refractivity (Wildman–Crippen MR) is 166 cm³/mol. The Morgan fingerprint density at radius 3 is 1.92 bits per heavy atom. The van der Waals surface area contributed by atoms with Gasteiger partial charge in [-0.2, -0.15) is 0 Å². The zero-order valence-electron chi connectivity index (χ0n) is 20.9. The summed E-state index contributed by atoms with van der Waals surface area (Å²) in [5.41, 5.74) is 7.77. The van der Waals surface area contributed by atoms with Crippen molar-refractivity contribution in [2.24, 2.45) is 0 Å². The van der Waals surface area contributed by atoms with Gasteiger partial charge in [-0.25, -0.2) is 0 Å². The Morgan fingerprint density at radius 1 is 0.487 bits per heavy atom. The Labute approximate surface area is 227 Å². The molecule has 0 unspecified atom stereocenters. The Balaban J connectivity index is 1.31. The van der Waals surface area contributed by atoms with E-state index in [0.717, 1.165) is 33.2 Å². The Morgan fingerprint density at radius 2 is 1.13 bits per heavy atom. The van der Waals surface area contributed by atoms with Crippen LogP contribution in [0.1, 0.15) is 0 Å². The standard InChI is InChI=1S/C36H21NOS/c1-4-16-31-23(9-1)24-10-2-5-17-32(24)37(31)22-19-20-33-30(21-22)27-13-7-12-26(35(27)38-33)29-15-8-14-28-25-11-3-6-18-34(25)39-36(28)29/h1-21H. The van der Waals surface area contributed by atoms with E-state index in [4.69, 9.17) is 4.42 Å². The largest absolute Gasteiger partial charge is 0.455 e. The van der Waals surface area contributed by atoms with E-state index in [2.05, 4.69) is 132 Å². The van der Waals surface area contributed by atoms with Crippen LogP contribution in [0.5, 0.6) is 0 Å². The van der Waals surface area contributed by atoms with Crippen LogP contribution in [0.15, 0.2) is 132 Å². The molecule has 2 nitrogen and oxygen atoms in total. The highest BCUT2D eigenvalue weighted by Gasteiger charge is 2.18. The molecule has 3 aromatic heterocycles. The van der Waals surface area contributed by atoms with Crippen molar-refractivity contribution in [3.63, 3.8) is 0 Å². The highest BCUT2D eigenvalue weighted by Crippen LogP contribution is 2.43. The lowest BCUT2D eigenvalue weighted by atomic mass is 10.0. The molecule has 0 saturated heterocycles. The van der Waals surface area contributed by atoms with Gasteiger partial charge >= 0.3 is 0 Å². The van der Waals surface area contributed by atoms with Gasteiger partial charge in [-0.3, -0.25) is 0 Å². The van der Waals surface area contributed by atoms with E-state index < -0.39 is 0 Å². The van der Waals surface area contributed by atoms with Crippen molar-refractivity contribution >= 4 is 75.3 Å². The molecule has 3 heteroatoms. The summed E-state index contributed by atoms with van der Waals surface area (Å²) in [5.74, 6) is 0. The Kier molecular flexibility index (Phi) is 4.24. The zero-order valence-corrected chi connectivity index (χ0v) is 21.7. The van der Waals surface area contributed by atoms with E-state index in [-0.39, 0.29) is 0 Å². The maximum atomic E-state index is 6.60. The molecule has 0 fully saturated rings. The van der Waals surface area contributed by atoms with Gasteiger partial charge in [-0.15, -0.1) is 11.3 Å². The monoisotopic (exact) mass is 515 g/mol. The van der Waals surface area contributed by atoms with Crippen molar-refractivity contribution in [3.05, 3.63) is 127 Å². The highest BCUT2D eigenvalue weighted by atomic mass is 32.1. The summed E-state index contributed by atoms with van der Waals surface area (Å²) in [5, 5.41) is 7.42. The summed E-state index contributed by atoms with van der Waals surface area (Å²) in [4.78, 5) is 0.